The average molecular weight is 367 g/mol. The number of nitrogens with one attached hydrogen (secondary N) is 1. The molecule has 0 atom stereocenters. The van der Waals surface area contributed by atoms with Gasteiger partial charge in [-0.15, -0.1) is 21.5 Å². The topological polar surface area (TPSA) is 72.7 Å². The number of rotatable bonds is 5. The van der Waals surface area contributed by atoms with Crippen molar-refractivity contribution in [3.05, 3.63) is 41.5 Å². The van der Waals surface area contributed by atoms with Crippen LogP contribution in [-0.4, -0.2) is 31.4 Å². The summed E-state index contributed by atoms with van der Waals surface area (Å²) in [5.74, 6) is -1.93. The molecule has 1 N–H and O–H groups in total. The molecule has 6 nitrogen and oxygen atoms in total. The second-order valence-electron chi connectivity index (χ2n) is 4.73. The molecule has 0 spiro atoms. The van der Waals surface area contributed by atoms with Crippen LogP contribution in [0.4, 0.5) is 13.9 Å². The van der Waals surface area contributed by atoms with Gasteiger partial charge < -0.3 is 9.88 Å². The summed E-state index contributed by atoms with van der Waals surface area (Å²) < 4.78 is 27.9. The molecule has 0 saturated carbocycles. The van der Waals surface area contributed by atoms with E-state index in [0.29, 0.717) is 21.5 Å². The molecule has 1 aromatic carbocycles. The summed E-state index contributed by atoms with van der Waals surface area (Å²) in [6.07, 6.45) is 1.55. The van der Waals surface area contributed by atoms with Crippen molar-refractivity contribution >= 4 is 34.1 Å². The van der Waals surface area contributed by atoms with Crippen molar-refractivity contribution in [3.63, 3.8) is 0 Å². The number of aryl methyl sites for hydroxylation is 1. The molecule has 0 radical (unpaired) electrons. The van der Waals surface area contributed by atoms with Crippen molar-refractivity contribution in [2.24, 2.45) is 7.05 Å². The average Bonchev–Trinajstić information content (AvgIpc) is 3.17. The van der Waals surface area contributed by atoms with Gasteiger partial charge in [-0.1, -0.05) is 11.8 Å². The molecule has 3 rings (SSSR count). The summed E-state index contributed by atoms with van der Waals surface area (Å²) in [6, 6.07) is 3.54. The van der Waals surface area contributed by atoms with Crippen LogP contribution in [0, 0.1) is 11.6 Å². The van der Waals surface area contributed by atoms with Crippen molar-refractivity contribution in [1.29, 1.82) is 0 Å². The van der Waals surface area contributed by atoms with Crippen molar-refractivity contribution in [2.75, 3.05) is 11.1 Å². The lowest BCUT2D eigenvalue weighted by atomic mass is 10.2. The smallest absolute Gasteiger partial charge is 0.236 e. The number of carbonyl (C=O) groups is 1. The third-order valence-corrected chi connectivity index (χ3v) is 4.76. The van der Waals surface area contributed by atoms with Crippen LogP contribution in [0.5, 0.6) is 0 Å². The molecule has 0 saturated heterocycles. The van der Waals surface area contributed by atoms with E-state index in [1.165, 1.54) is 29.2 Å². The summed E-state index contributed by atoms with van der Waals surface area (Å²) in [7, 11) is 1.79. The molecule has 2 aromatic heterocycles. The second-order valence-corrected chi connectivity index (χ2v) is 6.53. The first kappa shape index (κ1) is 16.5. The highest BCUT2D eigenvalue weighted by Gasteiger charge is 2.11. The summed E-state index contributed by atoms with van der Waals surface area (Å²) in [5.41, 5.74) is 0.911. The maximum atomic E-state index is 13.3. The molecule has 1 amide bonds. The number of nitrogens with zero attached hydrogens (tertiary/aromatic N) is 4. The number of halogens is 2. The van der Waals surface area contributed by atoms with E-state index in [4.69, 9.17) is 0 Å². The number of amides is 1. The number of thiazole rings is 1. The summed E-state index contributed by atoms with van der Waals surface area (Å²) in [4.78, 5) is 16.1. The third kappa shape index (κ3) is 3.77. The summed E-state index contributed by atoms with van der Waals surface area (Å²) in [5, 5.41) is 12.9. The first-order valence-electron chi connectivity index (χ1n) is 6.70. The van der Waals surface area contributed by atoms with Crippen LogP contribution in [0.3, 0.4) is 0 Å². The molecular weight excluding hydrogens is 356 g/mol. The van der Waals surface area contributed by atoms with Gasteiger partial charge in [-0.3, -0.25) is 4.79 Å². The largest absolute Gasteiger partial charge is 0.312 e. The Morgan fingerprint density at radius 2 is 2.21 bits per heavy atom. The Morgan fingerprint density at radius 1 is 1.38 bits per heavy atom. The fraction of sp³-hybridized carbons (Fsp3) is 0.143. The highest BCUT2D eigenvalue weighted by molar-refractivity contribution is 7.99. The summed E-state index contributed by atoms with van der Waals surface area (Å²) >= 11 is 2.46. The molecular formula is C14H11F2N5OS2. The highest BCUT2D eigenvalue weighted by Crippen LogP contribution is 2.26. The van der Waals surface area contributed by atoms with Gasteiger partial charge in [-0.05, 0) is 18.2 Å². The SMILES string of the molecule is Cn1cnnc1SCC(=O)Nc1nc(-c2ccc(F)c(F)c2)cs1. The van der Waals surface area contributed by atoms with E-state index in [-0.39, 0.29) is 11.7 Å². The minimum Gasteiger partial charge on any atom is -0.312 e. The molecule has 0 fully saturated rings. The number of aromatic nitrogens is 4. The number of anilines is 1. The van der Waals surface area contributed by atoms with Crippen LogP contribution in [-0.2, 0) is 11.8 Å². The third-order valence-electron chi connectivity index (χ3n) is 2.97. The van der Waals surface area contributed by atoms with Gasteiger partial charge in [0.25, 0.3) is 0 Å². The van der Waals surface area contributed by atoms with E-state index >= 15 is 0 Å². The fourth-order valence-electron chi connectivity index (χ4n) is 1.81. The number of hydrogen-bond donors (Lipinski definition) is 1. The molecule has 0 aliphatic carbocycles. The van der Waals surface area contributed by atoms with Gasteiger partial charge in [0, 0.05) is 18.0 Å². The molecule has 0 aliphatic rings. The van der Waals surface area contributed by atoms with E-state index in [1.54, 1.807) is 23.3 Å². The van der Waals surface area contributed by atoms with E-state index in [1.807, 2.05) is 0 Å². The molecule has 3 aromatic rings. The maximum Gasteiger partial charge on any atom is 0.236 e. The first-order chi connectivity index (χ1) is 11.5. The Hall–Kier alpha value is -2.33. The molecule has 124 valence electrons. The van der Waals surface area contributed by atoms with E-state index in [2.05, 4.69) is 20.5 Å². The van der Waals surface area contributed by atoms with E-state index in [9.17, 15) is 13.6 Å². The van der Waals surface area contributed by atoms with Crippen molar-refractivity contribution < 1.29 is 13.6 Å². The quantitative estimate of drug-likeness (QED) is 0.702. The van der Waals surface area contributed by atoms with Gasteiger partial charge in [0.05, 0.1) is 11.4 Å². The van der Waals surface area contributed by atoms with Crippen LogP contribution in [0.2, 0.25) is 0 Å². The molecule has 0 aliphatic heterocycles. The highest BCUT2D eigenvalue weighted by atomic mass is 32.2. The Labute approximate surface area is 143 Å². The number of benzene rings is 1. The van der Waals surface area contributed by atoms with Gasteiger partial charge in [0.15, 0.2) is 21.9 Å². The molecule has 10 heteroatoms. The standard InChI is InChI=1S/C14H11F2N5OS2/c1-21-7-17-20-14(21)24-6-12(22)19-13-18-11(5-23-13)8-2-3-9(15)10(16)4-8/h2-5,7H,6H2,1H3,(H,18,19,22). The van der Waals surface area contributed by atoms with Crippen molar-refractivity contribution in [3.8, 4) is 11.3 Å². The van der Waals surface area contributed by atoms with Crippen molar-refractivity contribution in [1.82, 2.24) is 19.7 Å². The van der Waals surface area contributed by atoms with E-state index in [0.717, 1.165) is 12.1 Å². The van der Waals surface area contributed by atoms with Crippen LogP contribution >= 0.6 is 23.1 Å². The van der Waals surface area contributed by atoms with E-state index < -0.39 is 11.6 Å². The van der Waals surface area contributed by atoms with Crippen molar-refractivity contribution in [2.45, 2.75) is 5.16 Å². The molecule has 24 heavy (non-hydrogen) atoms. The monoisotopic (exact) mass is 367 g/mol. The van der Waals surface area contributed by atoms with Gasteiger partial charge >= 0.3 is 0 Å². The minimum absolute atomic E-state index is 0.159. The lowest BCUT2D eigenvalue weighted by Gasteiger charge is -2.01. The van der Waals surface area contributed by atoms with Gasteiger partial charge in [-0.2, -0.15) is 0 Å². The van der Waals surface area contributed by atoms with Gasteiger partial charge in [-0.25, -0.2) is 13.8 Å². The number of carbonyl (C=O) groups excluding carboxylic acids is 1. The lowest BCUT2D eigenvalue weighted by molar-refractivity contribution is -0.113. The fourth-order valence-corrected chi connectivity index (χ4v) is 3.23. The number of hydrogen-bond acceptors (Lipinski definition) is 6. The Balaban J connectivity index is 1.62. The predicted octanol–water partition coefficient (Wildman–Crippen LogP) is 2.95. The Kier molecular flexibility index (Phi) is 4.86. The second kappa shape index (κ2) is 7.05. The maximum absolute atomic E-state index is 13.3. The lowest BCUT2D eigenvalue weighted by Crippen LogP contribution is -2.14. The van der Waals surface area contributed by atoms with Crippen LogP contribution in [0.25, 0.3) is 11.3 Å². The molecule has 0 unspecified atom stereocenters. The zero-order valence-electron chi connectivity index (χ0n) is 12.4. The summed E-state index contributed by atoms with van der Waals surface area (Å²) in [6.45, 7) is 0. The Bertz CT molecular complexity index is 880. The van der Waals surface area contributed by atoms with Gasteiger partial charge in [0.2, 0.25) is 5.91 Å². The minimum atomic E-state index is -0.939. The van der Waals surface area contributed by atoms with Crippen LogP contribution in [0.1, 0.15) is 0 Å². The first-order valence-corrected chi connectivity index (χ1v) is 8.57. The predicted molar refractivity (Wildman–Crippen MR) is 87.8 cm³/mol. The van der Waals surface area contributed by atoms with Gasteiger partial charge in [0.1, 0.15) is 6.33 Å². The number of thioether (sulfide) groups is 1. The Morgan fingerprint density at radius 3 is 2.92 bits per heavy atom. The zero-order valence-corrected chi connectivity index (χ0v) is 14.0. The normalized spacial score (nSPS) is 10.8. The molecule has 0 bridgehead atoms. The van der Waals surface area contributed by atoms with Crippen LogP contribution < -0.4 is 5.32 Å². The van der Waals surface area contributed by atoms with Crippen LogP contribution in [0.15, 0.2) is 35.1 Å². The zero-order chi connectivity index (χ0) is 17.1. The molecule has 2 heterocycles.